The summed E-state index contributed by atoms with van der Waals surface area (Å²) in [5.74, 6) is 0.136. The number of amides is 1. The molecule has 4 rings (SSSR count). The van der Waals surface area contributed by atoms with Crippen LogP contribution < -0.4 is 5.56 Å². The molecular weight excluding hydrogens is 397 g/mol. The predicted octanol–water partition coefficient (Wildman–Crippen LogP) is 3.36. The standard InChI is InChI=1S/C21H19F3N4O2/c22-21(23,24)18-4-3-16-17(26-18)7-11-28(20(16)30)13-14-5-9-27(10-6-14)19(29)15-2-1-8-25-12-15/h1-4,7-8,11-12,14H,5-6,9-10,13H2. The summed E-state index contributed by atoms with van der Waals surface area (Å²) < 4.78 is 40.0. The number of pyridine rings is 3. The Balaban J connectivity index is 1.44. The first-order valence-electron chi connectivity index (χ1n) is 9.59. The Morgan fingerprint density at radius 1 is 1.13 bits per heavy atom. The van der Waals surface area contributed by atoms with Gasteiger partial charge in [0, 0.05) is 38.2 Å². The van der Waals surface area contributed by atoms with E-state index in [1.807, 2.05) is 0 Å². The van der Waals surface area contributed by atoms with Crippen molar-refractivity contribution in [2.75, 3.05) is 13.1 Å². The summed E-state index contributed by atoms with van der Waals surface area (Å²) in [6, 6.07) is 6.90. The molecule has 3 aromatic rings. The van der Waals surface area contributed by atoms with Gasteiger partial charge in [-0.25, -0.2) is 4.98 Å². The molecule has 0 aliphatic carbocycles. The number of alkyl halides is 3. The molecule has 9 heteroatoms. The lowest BCUT2D eigenvalue weighted by Crippen LogP contribution is -2.40. The van der Waals surface area contributed by atoms with Gasteiger partial charge in [0.15, 0.2) is 0 Å². The molecule has 1 fully saturated rings. The van der Waals surface area contributed by atoms with Crippen molar-refractivity contribution in [3.05, 3.63) is 70.5 Å². The van der Waals surface area contributed by atoms with Gasteiger partial charge >= 0.3 is 6.18 Å². The first-order valence-corrected chi connectivity index (χ1v) is 9.59. The molecule has 0 bridgehead atoms. The number of halogens is 3. The molecular formula is C21H19F3N4O2. The van der Waals surface area contributed by atoms with Crippen LogP contribution >= 0.6 is 0 Å². The molecule has 1 saturated heterocycles. The lowest BCUT2D eigenvalue weighted by Gasteiger charge is -2.32. The van der Waals surface area contributed by atoms with Crippen molar-refractivity contribution in [1.29, 1.82) is 0 Å². The number of carbonyl (C=O) groups is 1. The van der Waals surface area contributed by atoms with Crippen LogP contribution in [0.15, 0.2) is 53.7 Å². The van der Waals surface area contributed by atoms with Crippen LogP contribution in [-0.4, -0.2) is 38.4 Å². The molecule has 6 nitrogen and oxygen atoms in total. The van der Waals surface area contributed by atoms with Crippen molar-refractivity contribution in [2.24, 2.45) is 5.92 Å². The number of aromatic nitrogens is 3. The molecule has 0 N–H and O–H groups in total. The van der Waals surface area contributed by atoms with E-state index in [2.05, 4.69) is 9.97 Å². The zero-order chi connectivity index (χ0) is 21.3. The summed E-state index contributed by atoms with van der Waals surface area (Å²) in [7, 11) is 0. The summed E-state index contributed by atoms with van der Waals surface area (Å²) in [5, 5.41) is 0.162. The fourth-order valence-corrected chi connectivity index (χ4v) is 3.74. The Bertz CT molecular complexity index is 1120. The maximum Gasteiger partial charge on any atom is 0.433 e. The maximum atomic E-state index is 12.8. The maximum absolute atomic E-state index is 12.8. The summed E-state index contributed by atoms with van der Waals surface area (Å²) >= 11 is 0. The highest BCUT2D eigenvalue weighted by Crippen LogP contribution is 2.28. The lowest BCUT2D eigenvalue weighted by atomic mass is 9.96. The minimum absolute atomic E-state index is 0.0305. The van der Waals surface area contributed by atoms with E-state index in [1.165, 1.54) is 22.9 Å². The third-order valence-electron chi connectivity index (χ3n) is 5.38. The van der Waals surface area contributed by atoms with Gasteiger partial charge in [-0.3, -0.25) is 14.6 Å². The highest BCUT2D eigenvalue weighted by molar-refractivity contribution is 5.93. The van der Waals surface area contributed by atoms with Crippen LogP contribution in [0.2, 0.25) is 0 Å². The second-order valence-corrected chi connectivity index (χ2v) is 7.38. The fraction of sp³-hybridized carbons (Fsp3) is 0.333. The van der Waals surface area contributed by atoms with Gasteiger partial charge < -0.3 is 9.47 Å². The van der Waals surface area contributed by atoms with Crippen molar-refractivity contribution in [3.8, 4) is 0 Å². The number of rotatable bonds is 3. The number of likely N-dealkylation sites (tertiary alicyclic amines) is 1. The molecule has 0 spiro atoms. The SMILES string of the molecule is O=C(c1cccnc1)N1CCC(Cn2ccc3nc(C(F)(F)F)ccc3c2=O)CC1. The van der Waals surface area contributed by atoms with Crippen molar-refractivity contribution in [2.45, 2.75) is 25.6 Å². The van der Waals surface area contributed by atoms with E-state index in [0.29, 0.717) is 25.2 Å². The fourth-order valence-electron chi connectivity index (χ4n) is 3.74. The molecule has 1 amide bonds. The van der Waals surface area contributed by atoms with Gasteiger partial charge in [0.05, 0.1) is 16.5 Å². The Labute approximate surface area is 170 Å². The van der Waals surface area contributed by atoms with Crippen LogP contribution in [-0.2, 0) is 12.7 Å². The molecule has 0 radical (unpaired) electrons. The summed E-state index contributed by atoms with van der Waals surface area (Å²) in [6.45, 7) is 1.61. The smallest absolute Gasteiger partial charge is 0.339 e. The summed E-state index contributed by atoms with van der Waals surface area (Å²) in [5.41, 5.74) is -0.796. The molecule has 30 heavy (non-hydrogen) atoms. The molecule has 0 unspecified atom stereocenters. The zero-order valence-electron chi connectivity index (χ0n) is 16.0. The highest BCUT2D eigenvalue weighted by atomic mass is 19.4. The average molecular weight is 416 g/mol. The van der Waals surface area contributed by atoms with Crippen LogP contribution in [0.5, 0.6) is 0 Å². The van der Waals surface area contributed by atoms with Gasteiger partial charge in [-0.1, -0.05) is 0 Å². The van der Waals surface area contributed by atoms with E-state index in [0.717, 1.165) is 18.9 Å². The van der Waals surface area contributed by atoms with E-state index in [4.69, 9.17) is 0 Å². The molecule has 0 saturated carbocycles. The van der Waals surface area contributed by atoms with Gasteiger partial charge in [0.1, 0.15) is 5.69 Å². The van der Waals surface area contributed by atoms with Crippen LogP contribution in [0.3, 0.4) is 0 Å². The number of piperidine rings is 1. The first-order chi connectivity index (χ1) is 14.3. The number of fused-ring (bicyclic) bond motifs is 1. The predicted molar refractivity (Wildman–Crippen MR) is 104 cm³/mol. The normalized spacial score (nSPS) is 15.5. The zero-order valence-corrected chi connectivity index (χ0v) is 16.0. The van der Waals surface area contributed by atoms with E-state index in [1.54, 1.807) is 29.4 Å². The Morgan fingerprint density at radius 3 is 2.57 bits per heavy atom. The minimum Gasteiger partial charge on any atom is -0.339 e. The second kappa shape index (κ2) is 7.89. The van der Waals surface area contributed by atoms with Crippen LogP contribution in [0.4, 0.5) is 13.2 Å². The monoisotopic (exact) mass is 416 g/mol. The molecule has 156 valence electrons. The number of hydrogen-bond donors (Lipinski definition) is 0. The van der Waals surface area contributed by atoms with Gasteiger partial charge in [0.25, 0.3) is 11.5 Å². The van der Waals surface area contributed by atoms with E-state index >= 15 is 0 Å². The van der Waals surface area contributed by atoms with Gasteiger partial charge in [-0.2, -0.15) is 13.2 Å². The van der Waals surface area contributed by atoms with Crippen LogP contribution in [0.25, 0.3) is 10.9 Å². The number of carbonyl (C=O) groups excluding carboxylic acids is 1. The number of nitrogens with zero attached hydrogens (tertiary/aromatic N) is 4. The summed E-state index contributed by atoms with van der Waals surface area (Å²) in [4.78, 5) is 34.5. The van der Waals surface area contributed by atoms with E-state index in [9.17, 15) is 22.8 Å². The van der Waals surface area contributed by atoms with Crippen LogP contribution in [0, 0.1) is 5.92 Å². The molecule has 1 aliphatic rings. The summed E-state index contributed by atoms with van der Waals surface area (Å²) in [6.07, 6.45) is 1.57. The van der Waals surface area contributed by atoms with E-state index < -0.39 is 11.9 Å². The Hall–Kier alpha value is -3.23. The molecule has 3 aromatic heterocycles. The van der Waals surface area contributed by atoms with Crippen molar-refractivity contribution < 1.29 is 18.0 Å². The molecule has 0 aromatic carbocycles. The largest absolute Gasteiger partial charge is 0.433 e. The van der Waals surface area contributed by atoms with Crippen LogP contribution in [0.1, 0.15) is 28.9 Å². The second-order valence-electron chi connectivity index (χ2n) is 7.38. The third-order valence-corrected chi connectivity index (χ3v) is 5.38. The topological polar surface area (TPSA) is 68.1 Å². The highest BCUT2D eigenvalue weighted by Gasteiger charge is 2.32. The van der Waals surface area contributed by atoms with Gasteiger partial charge in [-0.15, -0.1) is 0 Å². The third kappa shape index (κ3) is 4.05. The van der Waals surface area contributed by atoms with Crippen molar-refractivity contribution >= 4 is 16.8 Å². The van der Waals surface area contributed by atoms with E-state index in [-0.39, 0.29) is 28.3 Å². The first kappa shape index (κ1) is 20.1. The van der Waals surface area contributed by atoms with Crippen molar-refractivity contribution in [3.63, 3.8) is 0 Å². The lowest BCUT2D eigenvalue weighted by molar-refractivity contribution is -0.140. The van der Waals surface area contributed by atoms with Gasteiger partial charge in [0.2, 0.25) is 0 Å². The van der Waals surface area contributed by atoms with Gasteiger partial charge in [-0.05, 0) is 49.1 Å². The average Bonchev–Trinajstić information content (AvgIpc) is 2.75. The Kier molecular flexibility index (Phi) is 5.27. The number of hydrogen-bond acceptors (Lipinski definition) is 4. The molecule has 0 atom stereocenters. The van der Waals surface area contributed by atoms with Crippen molar-refractivity contribution in [1.82, 2.24) is 19.4 Å². The minimum atomic E-state index is -4.55. The quantitative estimate of drug-likeness (QED) is 0.657. The molecule has 4 heterocycles. The Morgan fingerprint density at radius 2 is 1.90 bits per heavy atom. The molecule has 1 aliphatic heterocycles.